The van der Waals surface area contributed by atoms with Gasteiger partial charge in [-0.25, -0.2) is 15.8 Å². The van der Waals surface area contributed by atoms with Crippen molar-refractivity contribution in [2.45, 2.75) is 26.4 Å². The largest absolute Gasteiger partial charge is 0.472 e. The summed E-state index contributed by atoms with van der Waals surface area (Å²) in [7, 11) is 0. The van der Waals surface area contributed by atoms with E-state index in [4.69, 9.17) is 22.2 Å². The fourth-order valence-electron chi connectivity index (χ4n) is 1.88. The van der Waals surface area contributed by atoms with E-state index in [1.807, 2.05) is 24.3 Å². The van der Waals surface area contributed by atoms with Gasteiger partial charge in [0, 0.05) is 10.6 Å². The molecule has 0 spiro atoms. The predicted molar refractivity (Wildman–Crippen MR) is 79.6 cm³/mol. The van der Waals surface area contributed by atoms with Crippen LogP contribution in [0.25, 0.3) is 0 Å². The molecule has 5 nitrogen and oxygen atoms in total. The number of nitrogens with two attached hydrogens (primary N) is 1. The normalized spacial score (nSPS) is 10.3. The highest BCUT2D eigenvalue weighted by Crippen LogP contribution is 2.24. The average molecular weight is 293 g/mol. The maximum atomic E-state index is 6.10. The lowest BCUT2D eigenvalue weighted by Gasteiger charge is -2.13. The molecule has 106 valence electrons. The van der Waals surface area contributed by atoms with Crippen LogP contribution in [-0.4, -0.2) is 9.97 Å². The molecular formula is C14H17ClN4O. The molecule has 1 aromatic carbocycles. The van der Waals surface area contributed by atoms with Crippen molar-refractivity contribution in [3.63, 3.8) is 0 Å². The Morgan fingerprint density at radius 1 is 1.30 bits per heavy atom. The van der Waals surface area contributed by atoms with Crippen molar-refractivity contribution in [2.24, 2.45) is 5.84 Å². The number of hydrogen-bond donors (Lipinski definition) is 2. The van der Waals surface area contributed by atoms with E-state index in [1.165, 1.54) is 6.33 Å². The van der Waals surface area contributed by atoms with Crippen LogP contribution in [0.5, 0.6) is 5.88 Å². The van der Waals surface area contributed by atoms with Gasteiger partial charge in [0.2, 0.25) is 5.88 Å². The summed E-state index contributed by atoms with van der Waals surface area (Å²) in [6.45, 7) is 2.43. The Morgan fingerprint density at radius 3 is 2.80 bits per heavy atom. The van der Waals surface area contributed by atoms with E-state index >= 15 is 0 Å². The highest BCUT2D eigenvalue weighted by Gasteiger charge is 2.12. The summed E-state index contributed by atoms with van der Waals surface area (Å²) in [5.41, 5.74) is 4.37. The number of rotatable bonds is 6. The van der Waals surface area contributed by atoms with E-state index in [2.05, 4.69) is 22.3 Å². The SMILES string of the molecule is CCCc1c(NN)ncnc1OCc1ccccc1Cl. The number of nitrogen functional groups attached to an aromatic ring is 1. The standard InChI is InChI=1S/C14H17ClN4O/c1-2-5-11-13(19-16)17-9-18-14(11)20-8-10-6-3-4-7-12(10)15/h3-4,6-7,9H,2,5,8,16H2,1H3,(H,17,18,19). The first-order valence-corrected chi connectivity index (χ1v) is 6.80. The van der Waals surface area contributed by atoms with Gasteiger partial charge in [-0.05, 0) is 12.5 Å². The first kappa shape index (κ1) is 14.6. The molecule has 20 heavy (non-hydrogen) atoms. The average Bonchev–Trinajstić information content (AvgIpc) is 2.47. The minimum Gasteiger partial charge on any atom is -0.472 e. The van der Waals surface area contributed by atoms with Gasteiger partial charge in [-0.1, -0.05) is 43.1 Å². The van der Waals surface area contributed by atoms with E-state index in [9.17, 15) is 0 Å². The van der Waals surface area contributed by atoms with Crippen molar-refractivity contribution in [2.75, 3.05) is 5.43 Å². The molecule has 0 saturated carbocycles. The van der Waals surface area contributed by atoms with Crippen molar-refractivity contribution in [1.82, 2.24) is 9.97 Å². The van der Waals surface area contributed by atoms with Crippen molar-refractivity contribution in [1.29, 1.82) is 0 Å². The van der Waals surface area contributed by atoms with Crippen molar-refractivity contribution in [3.05, 3.63) is 46.7 Å². The lowest BCUT2D eigenvalue weighted by atomic mass is 10.2. The third-order valence-corrected chi connectivity index (χ3v) is 3.23. The second-order valence-corrected chi connectivity index (χ2v) is 4.69. The minimum absolute atomic E-state index is 0.359. The Morgan fingerprint density at radius 2 is 2.10 bits per heavy atom. The zero-order chi connectivity index (χ0) is 14.4. The Kier molecular flexibility index (Phi) is 5.15. The molecule has 0 aliphatic rings. The quantitative estimate of drug-likeness (QED) is 0.632. The number of benzene rings is 1. The zero-order valence-electron chi connectivity index (χ0n) is 11.3. The Balaban J connectivity index is 2.19. The van der Waals surface area contributed by atoms with Crippen molar-refractivity contribution < 1.29 is 4.74 Å². The molecule has 1 heterocycles. The Labute approximate surface area is 123 Å². The summed E-state index contributed by atoms with van der Waals surface area (Å²) in [6, 6.07) is 7.56. The molecule has 3 N–H and O–H groups in total. The number of nitrogens with zero attached hydrogens (tertiary/aromatic N) is 2. The molecule has 0 unspecified atom stereocenters. The van der Waals surface area contributed by atoms with E-state index in [0.717, 1.165) is 24.0 Å². The molecular weight excluding hydrogens is 276 g/mol. The first-order valence-electron chi connectivity index (χ1n) is 6.43. The Hall–Kier alpha value is -1.85. The van der Waals surface area contributed by atoms with Gasteiger partial charge in [0.15, 0.2) is 0 Å². The van der Waals surface area contributed by atoms with Crippen LogP contribution in [0.2, 0.25) is 5.02 Å². The summed E-state index contributed by atoms with van der Waals surface area (Å²) in [5.74, 6) is 6.59. The van der Waals surface area contributed by atoms with Gasteiger partial charge in [0.1, 0.15) is 18.8 Å². The van der Waals surface area contributed by atoms with Gasteiger partial charge in [0.05, 0.1) is 5.56 Å². The van der Waals surface area contributed by atoms with Crippen molar-refractivity contribution in [3.8, 4) is 5.88 Å². The molecule has 0 fully saturated rings. The monoisotopic (exact) mass is 292 g/mol. The summed E-state index contributed by atoms with van der Waals surface area (Å²) in [6.07, 6.45) is 3.17. The van der Waals surface area contributed by atoms with Crippen LogP contribution < -0.4 is 16.0 Å². The topological polar surface area (TPSA) is 73.1 Å². The third-order valence-electron chi connectivity index (χ3n) is 2.86. The molecule has 0 saturated heterocycles. The Bertz CT molecular complexity index is 577. The molecule has 2 aromatic rings. The second-order valence-electron chi connectivity index (χ2n) is 4.28. The summed E-state index contributed by atoms with van der Waals surface area (Å²) in [4.78, 5) is 8.27. The fraction of sp³-hybridized carbons (Fsp3) is 0.286. The fourth-order valence-corrected chi connectivity index (χ4v) is 2.07. The van der Waals surface area contributed by atoms with Gasteiger partial charge in [-0.15, -0.1) is 0 Å². The van der Waals surface area contributed by atoms with Crippen LogP contribution >= 0.6 is 11.6 Å². The van der Waals surface area contributed by atoms with E-state index < -0.39 is 0 Å². The number of anilines is 1. The number of aromatic nitrogens is 2. The molecule has 6 heteroatoms. The zero-order valence-corrected chi connectivity index (χ0v) is 12.0. The maximum absolute atomic E-state index is 6.10. The molecule has 0 atom stereocenters. The smallest absolute Gasteiger partial charge is 0.222 e. The van der Waals surface area contributed by atoms with Crippen LogP contribution in [0.3, 0.4) is 0 Å². The summed E-state index contributed by atoms with van der Waals surface area (Å²) in [5, 5.41) is 0.677. The van der Waals surface area contributed by atoms with Gasteiger partial charge in [0.25, 0.3) is 0 Å². The van der Waals surface area contributed by atoms with Crippen LogP contribution in [0.1, 0.15) is 24.5 Å². The van der Waals surface area contributed by atoms with Crippen LogP contribution in [0.15, 0.2) is 30.6 Å². The highest BCUT2D eigenvalue weighted by molar-refractivity contribution is 6.31. The molecule has 0 aliphatic heterocycles. The predicted octanol–water partition coefficient (Wildman–Crippen LogP) is 2.95. The van der Waals surface area contributed by atoms with E-state index in [0.29, 0.717) is 23.3 Å². The van der Waals surface area contributed by atoms with Gasteiger partial charge in [-0.2, -0.15) is 0 Å². The molecule has 0 aliphatic carbocycles. The summed E-state index contributed by atoms with van der Waals surface area (Å²) < 4.78 is 5.77. The second kappa shape index (κ2) is 7.07. The molecule has 0 bridgehead atoms. The molecule has 0 amide bonds. The lowest BCUT2D eigenvalue weighted by molar-refractivity contribution is 0.290. The number of halogens is 1. The first-order chi connectivity index (χ1) is 9.76. The summed E-state index contributed by atoms with van der Waals surface area (Å²) >= 11 is 6.10. The number of hydrazine groups is 1. The maximum Gasteiger partial charge on any atom is 0.222 e. The minimum atomic E-state index is 0.359. The van der Waals surface area contributed by atoms with Crippen LogP contribution in [0, 0.1) is 0 Å². The van der Waals surface area contributed by atoms with Crippen LogP contribution in [0.4, 0.5) is 5.82 Å². The molecule has 0 radical (unpaired) electrons. The molecule has 2 rings (SSSR count). The van der Waals surface area contributed by atoms with E-state index in [1.54, 1.807) is 0 Å². The van der Waals surface area contributed by atoms with E-state index in [-0.39, 0.29) is 0 Å². The number of ether oxygens (including phenoxy) is 1. The van der Waals surface area contributed by atoms with Crippen molar-refractivity contribution >= 4 is 17.4 Å². The number of nitrogens with one attached hydrogen (secondary N) is 1. The van der Waals surface area contributed by atoms with Gasteiger partial charge < -0.3 is 10.2 Å². The van der Waals surface area contributed by atoms with Gasteiger partial charge in [-0.3, -0.25) is 0 Å². The lowest BCUT2D eigenvalue weighted by Crippen LogP contribution is -2.13. The number of hydrogen-bond acceptors (Lipinski definition) is 5. The third kappa shape index (κ3) is 3.37. The van der Waals surface area contributed by atoms with Crippen LogP contribution in [-0.2, 0) is 13.0 Å². The molecule has 1 aromatic heterocycles. The van der Waals surface area contributed by atoms with Gasteiger partial charge >= 0.3 is 0 Å². The highest BCUT2D eigenvalue weighted by atomic mass is 35.5.